The highest BCUT2D eigenvalue weighted by atomic mass is 35.5. The van der Waals surface area contributed by atoms with Crippen LogP contribution in [0.2, 0.25) is 5.15 Å². The first-order valence-electron chi connectivity index (χ1n) is 8.88. The lowest BCUT2D eigenvalue weighted by Crippen LogP contribution is -2.22. The van der Waals surface area contributed by atoms with Crippen LogP contribution >= 0.6 is 11.6 Å². The van der Waals surface area contributed by atoms with Gasteiger partial charge in [0.1, 0.15) is 11.0 Å². The van der Waals surface area contributed by atoms with Crippen LogP contribution in [-0.4, -0.2) is 32.0 Å². The molecule has 0 aliphatic carbocycles. The third-order valence-electron chi connectivity index (χ3n) is 4.22. The van der Waals surface area contributed by atoms with E-state index in [0.29, 0.717) is 28.6 Å². The van der Waals surface area contributed by atoms with Gasteiger partial charge in [0.05, 0.1) is 17.6 Å². The monoisotopic (exact) mass is 401 g/mol. The van der Waals surface area contributed by atoms with Crippen molar-refractivity contribution in [2.24, 2.45) is 7.05 Å². The summed E-state index contributed by atoms with van der Waals surface area (Å²) in [6, 6.07) is 5.88. The fourth-order valence-corrected chi connectivity index (χ4v) is 3.11. The zero-order valence-corrected chi connectivity index (χ0v) is 16.4. The van der Waals surface area contributed by atoms with E-state index in [1.165, 1.54) is 22.9 Å². The van der Waals surface area contributed by atoms with Crippen molar-refractivity contribution in [2.75, 3.05) is 6.54 Å². The molecule has 0 unspecified atom stereocenters. The lowest BCUT2D eigenvalue weighted by atomic mass is 10.2. The minimum atomic E-state index is -0.330. The Morgan fingerprint density at radius 1 is 1.32 bits per heavy atom. The van der Waals surface area contributed by atoms with E-state index in [9.17, 15) is 9.18 Å². The summed E-state index contributed by atoms with van der Waals surface area (Å²) in [6.07, 6.45) is 8.55. The lowest BCUT2D eigenvalue weighted by molar-refractivity contribution is -0.116. The van der Waals surface area contributed by atoms with Crippen molar-refractivity contribution in [3.63, 3.8) is 0 Å². The minimum Gasteiger partial charge on any atom is -0.353 e. The molecule has 0 radical (unpaired) electrons. The van der Waals surface area contributed by atoms with Crippen LogP contribution in [0.3, 0.4) is 0 Å². The van der Waals surface area contributed by atoms with Gasteiger partial charge in [-0.2, -0.15) is 10.2 Å². The molecular formula is C20H21ClFN5O. The number of aromatic nitrogens is 4. The molecule has 0 aliphatic rings. The predicted octanol–water partition coefficient (Wildman–Crippen LogP) is 3.47. The fraction of sp³-hybridized carbons (Fsp3) is 0.250. The van der Waals surface area contributed by atoms with Gasteiger partial charge in [0.25, 0.3) is 0 Å². The first-order valence-corrected chi connectivity index (χ1v) is 9.26. The number of nitrogens with zero attached hydrogens (tertiary/aromatic N) is 4. The molecule has 0 bridgehead atoms. The first-order chi connectivity index (χ1) is 13.4. The molecule has 1 N–H and O–H groups in total. The topological polar surface area (TPSA) is 64.7 Å². The third kappa shape index (κ3) is 4.86. The third-order valence-corrected chi connectivity index (χ3v) is 4.58. The van der Waals surface area contributed by atoms with Gasteiger partial charge in [0.2, 0.25) is 5.91 Å². The Morgan fingerprint density at radius 3 is 2.75 bits per heavy atom. The van der Waals surface area contributed by atoms with Crippen LogP contribution in [0.25, 0.3) is 11.8 Å². The molecule has 28 heavy (non-hydrogen) atoms. The normalized spacial score (nSPS) is 11.3. The molecule has 0 saturated heterocycles. The summed E-state index contributed by atoms with van der Waals surface area (Å²) in [5, 5.41) is 11.7. The Morgan fingerprint density at radius 2 is 2.07 bits per heavy atom. The fourth-order valence-electron chi connectivity index (χ4n) is 2.78. The Hall–Kier alpha value is -2.93. The summed E-state index contributed by atoms with van der Waals surface area (Å²) >= 11 is 6.40. The second-order valence-electron chi connectivity index (χ2n) is 6.43. The number of amides is 1. The number of aryl methyl sites for hydroxylation is 3. The van der Waals surface area contributed by atoms with Crippen molar-refractivity contribution >= 4 is 23.6 Å². The molecule has 2 aromatic heterocycles. The summed E-state index contributed by atoms with van der Waals surface area (Å²) in [6.45, 7) is 2.37. The summed E-state index contributed by atoms with van der Waals surface area (Å²) in [5.41, 5.74) is 3.11. The van der Waals surface area contributed by atoms with E-state index in [1.54, 1.807) is 29.8 Å². The van der Waals surface area contributed by atoms with Crippen molar-refractivity contribution in [1.82, 2.24) is 24.9 Å². The van der Waals surface area contributed by atoms with E-state index >= 15 is 0 Å². The van der Waals surface area contributed by atoms with Gasteiger partial charge < -0.3 is 5.32 Å². The number of hydrogen-bond donors (Lipinski definition) is 1. The molecule has 2 heterocycles. The second-order valence-corrected chi connectivity index (χ2v) is 6.79. The standard InChI is InChI=1S/C20H21ClFN5O/c1-14-18(20(21)27(25-14)17-7-5-16(22)6-8-17)9-10-19(28)23-11-3-4-15-12-24-26(2)13-15/h5-10,12-13H,3-4,11H2,1-2H3,(H,23,28)/b10-9+. The van der Waals surface area contributed by atoms with Crippen LogP contribution in [0.5, 0.6) is 0 Å². The van der Waals surface area contributed by atoms with E-state index in [0.717, 1.165) is 18.4 Å². The van der Waals surface area contributed by atoms with Crippen molar-refractivity contribution in [2.45, 2.75) is 19.8 Å². The van der Waals surface area contributed by atoms with Crippen molar-refractivity contribution in [1.29, 1.82) is 0 Å². The van der Waals surface area contributed by atoms with Crippen molar-refractivity contribution in [3.05, 3.63) is 70.5 Å². The summed E-state index contributed by atoms with van der Waals surface area (Å²) in [5.74, 6) is -0.528. The van der Waals surface area contributed by atoms with Crippen LogP contribution in [0, 0.1) is 12.7 Å². The van der Waals surface area contributed by atoms with Crippen LogP contribution < -0.4 is 5.32 Å². The minimum absolute atomic E-state index is 0.198. The lowest BCUT2D eigenvalue weighted by Gasteiger charge is -2.03. The largest absolute Gasteiger partial charge is 0.353 e. The maximum absolute atomic E-state index is 13.1. The van der Waals surface area contributed by atoms with Crippen molar-refractivity contribution in [3.8, 4) is 5.69 Å². The van der Waals surface area contributed by atoms with Gasteiger partial charge in [0.15, 0.2) is 0 Å². The average Bonchev–Trinajstić information content (AvgIpc) is 3.21. The number of nitrogens with one attached hydrogen (secondary N) is 1. The molecule has 8 heteroatoms. The van der Waals surface area contributed by atoms with E-state index < -0.39 is 0 Å². The van der Waals surface area contributed by atoms with Gasteiger partial charge in [0, 0.05) is 31.4 Å². The molecule has 1 aromatic carbocycles. The quantitative estimate of drug-likeness (QED) is 0.487. The summed E-state index contributed by atoms with van der Waals surface area (Å²) < 4.78 is 16.4. The molecule has 1 amide bonds. The Kier molecular flexibility index (Phi) is 6.26. The van der Waals surface area contributed by atoms with Crippen molar-refractivity contribution < 1.29 is 9.18 Å². The van der Waals surface area contributed by atoms with Gasteiger partial charge in [-0.05, 0) is 55.7 Å². The molecule has 0 fully saturated rings. The SMILES string of the molecule is Cc1nn(-c2ccc(F)cc2)c(Cl)c1/C=C/C(=O)NCCCc1cnn(C)c1. The number of carbonyl (C=O) groups excluding carboxylic acids is 1. The molecule has 0 spiro atoms. The Bertz CT molecular complexity index is 991. The van der Waals surface area contributed by atoms with Gasteiger partial charge in [-0.25, -0.2) is 9.07 Å². The first kappa shape index (κ1) is 19.8. The van der Waals surface area contributed by atoms with E-state index in [-0.39, 0.29) is 11.7 Å². The number of benzene rings is 1. The van der Waals surface area contributed by atoms with Gasteiger partial charge in [-0.15, -0.1) is 0 Å². The molecule has 6 nitrogen and oxygen atoms in total. The highest BCUT2D eigenvalue weighted by Gasteiger charge is 2.13. The van der Waals surface area contributed by atoms with Gasteiger partial charge >= 0.3 is 0 Å². The zero-order chi connectivity index (χ0) is 20.1. The molecule has 0 atom stereocenters. The highest BCUT2D eigenvalue weighted by Crippen LogP contribution is 2.24. The zero-order valence-electron chi connectivity index (χ0n) is 15.7. The van der Waals surface area contributed by atoms with E-state index in [1.807, 2.05) is 19.4 Å². The highest BCUT2D eigenvalue weighted by molar-refractivity contribution is 6.31. The van der Waals surface area contributed by atoms with Crippen LogP contribution in [0.4, 0.5) is 4.39 Å². The second kappa shape index (κ2) is 8.84. The molecule has 0 aliphatic heterocycles. The number of hydrogen-bond acceptors (Lipinski definition) is 3. The number of carbonyl (C=O) groups is 1. The molecule has 0 saturated carbocycles. The van der Waals surface area contributed by atoms with E-state index in [4.69, 9.17) is 11.6 Å². The maximum atomic E-state index is 13.1. The number of halogens is 2. The predicted molar refractivity (Wildman–Crippen MR) is 107 cm³/mol. The van der Waals surface area contributed by atoms with Crippen LogP contribution in [0.1, 0.15) is 23.2 Å². The van der Waals surface area contributed by atoms with Crippen LogP contribution in [-0.2, 0) is 18.3 Å². The Balaban J connectivity index is 1.57. The smallest absolute Gasteiger partial charge is 0.244 e. The molecular weight excluding hydrogens is 381 g/mol. The summed E-state index contributed by atoms with van der Waals surface area (Å²) in [4.78, 5) is 12.0. The molecule has 3 rings (SSSR count). The molecule has 146 valence electrons. The van der Waals surface area contributed by atoms with Gasteiger partial charge in [-0.1, -0.05) is 11.6 Å². The number of rotatable bonds is 7. The summed E-state index contributed by atoms with van der Waals surface area (Å²) in [7, 11) is 1.88. The van der Waals surface area contributed by atoms with Crippen LogP contribution in [0.15, 0.2) is 42.7 Å². The average molecular weight is 402 g/mol. The van der Waals surface area contributed by atoms with E-state index in [2.05, 4.69) is 15.5 Å². The molecule has 3 aromatic rings. The Labute approximate surface area is 167 Å². The van der Waals surface area contributed by atoms with Gasteiger partial charge in [-0.3, -0.25) is 9.48 Å². The maximum Gasteiger partial charge on any atom is 0.244 e.